The minimum Gasteiger partial charge on any atom is -0.277 e. The number of hydrogen-bond donors (Lipinski definition) is 1. The van der Waals surface area contributed by atoms with Crippen LogP contribution in [0.15, 0.2) is 47.4 Å². The third kappa shape index (κ3) is 5.02. The van der Waals surface area contributed by atoms with Gasteiger partial charge < -0.3 is 0 Å². The predicted molar refractivity (Wildman–Crippen MR) is 130 cm³/mol. The second-order valence-corrected chi connectivity index (χ2v) is 16.8. The van der Waals surface area contributed by atoms with Gasteiger partial charge in [-0.25, -0.2) is 13.1 Å². The molecule has 3 rings (SSSR count). The molecule has 0 unspecified atom stereocenters. The maximum Gasteiger partial charge on any atom is 0.261 e. The standard InChI is InChI=1S/C22H29ClN4O2SSi/c1-15-21(31(5,6)7)24-26-27(15)20-14-17(23)10-13-19(20)25-30(28,29)18-11-8-16(9-12-18)22(2,3)4/h8-14,25H,1-7H3. The minimum absolute atomic E-state index is 0.0578. The summed E-state index contributed by atoms with van der Waals surface area (Å²) in [5.41, 5.74) is 2.82. The fourth-order valence-corrected chi connectivity index (χ4v) is 6.13. The molecule has 0 saturated heterocycles. The average molecular weight is 477 g/mol. The lowest BCUT2D eigenvalue weighted by atomic mass is 9.87. The maximum absolute atomic E-state index is 13.1. The number of benzene rings is 2. The number of anilines is 1. The van der Waals surface area contributed by atoms with E-state index in [1.54, 1.807) is 35.0 Å². The quantitative estimate of drug-likeness (QED) is 0.533. The van der Waals surface area contributed by atoms with Crippen molar-refractivity contribution in [2.24, 2.45) is 0 Å². The Morgan fingerprint density at radius 2 is 1.65 bits per heavy atom. The zero-order valence-corrected chi connectivity index (χ0v) is 21.6. The minimum atomic E-state index is -3.80. The van der Waals surface area contributed by atoms with Crippen LogP contribution in [-0.4, -0.2) is 31.5 Å². The Morgan fingerprint density at radius 1 is 1.03 bits per heavy atom. The van der Waals surface area contributed by atoms with E-state index in [0.717, 1.165) is 16.6 Å². The Hall–Kier alpha value is -2.16. The molecule has 31 heavy (non-hydrogen) atoms. The Bertz CT molecular complexity index is 1210. The fraction of sp³-hybridized carbons (Fsp3) is 0.364. The van der Waals surface area contributed by atoms with E-state index >= 15 is 0 Å². The lowest BCUT2D eigenvalue weighted by Gasteiger charge is -2.19. The molecule has 0 amide bonds. The van der Waals surface area contributed by atoms with Gasteiger partial charge in [0.25, 0.3) is 10.0 Å². The molecule has 0 saturated carbocycles. The topological polar surface area (TPSA) is 76.9 Å². The van der Waals surface area contributed by atoms with Gasteiger partial charge in [0.2, 0.25) is 0 Å². The molecule has 1 aromatic heterocycles. The first-order valence-corrected chi connectivity index (χ1v) is 15.4. The molecule has 0 aliphatic rings. The molecule has 0 aliphatic carbocycles. The first kappa shape index (κ1) is 23.5. The van der Waals surface area contributed by atoms with Crippen molar-refractivity contribution in [3.63, 3.8) is 0 Å². The highest BCUT2D eigenvalue weighted by Gasteiger charge is 2.26. The van der Waals surface area contributed by atoms with Gasteiger partial charge in [0.15, 0.2) is 0 Å². The van der Waals surface area contributed by atoms with Gasteiger partial charge in [0, 0.05) is 5.02 Å². The van der Waals surface area contributed by atoms with Crippen molar-refractivity contribution in [1.29, 1.82) is 0 Å². The molecule has 3 aromatic rings. The summed E-state index contributed by atoms with van der Waals surface area (Å²) in [6.45, 7) is 14.8. The van der Waals surface area contributed by atoms with Gasteiger partial charge in [0.1, 0.15) is 8.07 Å². The van der Waals surface area contributed by atoms with E-state index in [2.05, 4.69) is 55.4 Å². The fourth-order valence-electron chi connectivity index (χ4n) is 3.35. The second kappa shape index (κ2) is 8.07. The molecule has 0 radical (unpaired) electrons. The average Bonchev–Trinajstić information content (AvgIpc) is 3.04. The van der Waals surface area contributed by atoms with E-state index in [1.165, 1.54) is 0 Å². The normalized spacial score (nSPS) is 12.8. The highest BCUT2D eigenvalue weighted by atomic mass is 35.5. The van der Waals surface area contributed by atoms with Crippen LogP contribution in [0.1, 0.15) is 32.0 Å². The summed E-state index contributed by atoms with van der Waals surface area (Å²) in [6.07, 6.45) is 0. The molecular weight excluding hydrogens is 448 g/mol. The van der Waals surface area contributed by atoms with Gasteiger partial charge in [-0.2, -0.15) is 0 Å². The smallest absolute Gasteiger partial charge is 0.261 e. The highest BCUT2D eigenvalue weighted by molar-refractivity contribution is 7.92. The summed E-state index contributed by atoms with van der Waals surface area (Å²) < 4.78 is 30.5. The van der Waals surface area contributed by atoms with Crippen LogP contribution < -0.4 is 10.0 Å². The van der Waals surface area contributed by atoms with Gasteiger partial charge in [-0.3, -0.25) is 4.72 Å². The molecule has 0 atom stereocenters. The first-order chi connectivity index (χ1) is 14.2. The lowest BCUT2D eigenvalue weighted by molar-refractivity contribution is 0.587. The molecule has 0 spiro atoms. The van der Waals surface area contributed by atoms with E-state index in [4.69, 9.17) is 11.6 Å². The molecule has 2 aromatic carbocycles. The second-order valence-electron chi connectivity index (χ2n) is 9.73. The largest absolute Gasteiger partial charge is 0.277 e. The first-order valence-electron chi connectivity index (χ1n) is 10.1. The van der Waals surface area contributed by atoms with Crippen molar-refractivity contribution in [1.82, 2.24) is 15.0 Å². The molecule has 6 nitrogen and oxygen atoms in total. The number of nitrogens with one attached hydrogen (secondary N) is 1. The van der Waals surface area contributed by atoms with Crippen LogP contribution >= 0.6 is 11.6 Å². The van der Waals surface area contributed by atoms with Crippen LogP contribution in [0.4, 0.5) is 5.69 Å². The van der Waals surface area contributed by atoms with Gasteiger partial charge in [0.05, 0.1) is 27.3 Å². The summed E-state index contributed by atoms with van der Waals surface area (Å²) in [5, 5.41) is 10.1. The molecule has 1 N–H and O–H groups in total. The number of rotatable bonds is 5. The number of hydrogen-bond acceptors (Lipinski definition) is 4. The van der Waals surface area contributed by atoms with Crippen LogP contribution in [0.3, 0.4) is 0 Å². The Balaban J connectivity index is 2.03. The summed E-state index contributed by atoms with van der Waals surface area (Å²) >= 11 is 6.23. The maximum atomic E-state index is 13.1. The molecule has 0 fully saturated rings. The van der Waals surface area contributed by atoms with E-state index < -0.39 is 18.1 Å². The van der Waals surface area contributed by atoms with Gasteiger partial charge in [-0.1, -0.05) is 69.4 Å². The molecule has 1 heterocycles. The summed E-state index contributed by atoms with van der Waals surface area (Å²) in [4.78, 5) is 0.194. The van der Waals surface area contributed by atoms with Crippen LogP contribution in [0.5, 0.6) is 0 Å². The zero-order chi connectivity index (χ0) is 23.2. The van der Waals surface area contributed by atoms with Crippen molar-refractivity contribution in [3.8, 4) is 5.69 Å². The number of aromatic nitrogens is 3. The van der Waals surface area contributed by atoms with Crippen LogP contribution in [-0.2, 0) is 15.4 Å². The zero-order valence-electron chi connectivity index (χ0n) is 19.0. The van der Waals surface area contributed by atoms with Crippen molar-refractivity contribution < 1.29 is 8.42 Å². The molecule has 0 bridgehead atoms. The molecular formula is C22H29ClN4O2SSi. The Labute approximate surface area is 190 Å². The van der Waals surface area contributed by atoms with E-state index in [0.29, 0.717) is 16.4 Å². The number of halogens is 1. The van der Waals surface area contributed by atoms with Gasteiger partial charge in [-0.15, -0.1) is 5.10 Å². The highest BCUT2D eigenvalue weighted by Crippen LogP contribution is 2.28. The van der Waals surface area contributed by atoms with Crippen molar-refractivity contribution in [2.75, 3.05) is 4.72 Å². The van der Waals surface area contributed by atoms with Crippen molar-refractivity contribution in [2.45, 2.75) is 57.6 Å². The number of nitrogens with zero attached hydrogens (tertiary/aromatic N) is 3. The number of sulfonamides is 1. The third-order valence-electron chi connectivity index (χ3n) is 5.07. The van der Waals surface area contributed by atoms with Gasteiger partial charge in [-0.05, 0) is 48.2 Å². The molecule has 0 aliphatic heterocycles. The Kier molecular flexibility index (Phi) is 6.12. The molecule has 166 valence electrons. The van der Waals surface area contributed by atoms with Crippen LogP contribution in [0.25, 0.3) is 5.69 Å². The third-order valence-corrected chi connectivity index (χ3v) is 8.57. The van der Waals surface area contributed by atoms with E-state index in [9.17, 15) is 8.42 Å². The summed E-state index contributed by atoms with van der Waals surface area (Å²) in [6, 6.07) is 11.9. The summed E-state index contributed by atoms with van der Waals surface area (Å²) in [7, 11) is -5.51. The van der Waals surface area contributed by atoms with Crippen molar-refractivity contribution >= 4 is 40.7 Å². The lowest BCUT2D eigenvalue weighted by Crippen LogP contribution is -2.40. The van der Waals surface area contributed by atoms with Crippen molar-refractivity contribution in [3.05, 3.63) is 58.7 Å². The van der Waals surface area contributed by atoms with E-state index in [1.807, 2.05) is 19.1 Å². The van der Waals surface area contributed by atoms with Crippen LogP contribution in [0, 0.1) is 6.92 Å². The van der Waals surface area contributed by atoms with Crippen LogP contribution in [0.2, 0.25) is 24.7 Å². The SMILES string of the molecule is Cc1c([Si](C)(C)C)nnn1-c1cc(Cl)ccc1NS(=O)(=O)c1ccc(C(C)(C)C)cc1. The summed E-state index contributed by atoms with van der Waals surface area (Å²) in [5.74, 6) is 0. The monoisotopic (exact) mass is 476 g/mol. The predicted octanol–water partition coefficient (Wildman–Crippen LogP) is 4.87. The van der Waals surface area contributed by atoms with E-state index in [-0.39, 0.29) is 10.3 Å². The molecule has 9 heteroatoms. The Morgan fingerprint density at radius 3 is 2.16 bits per heavy atom. The van der Waals surface area contributed by atoms with Gasteiger partial charge >= 0.3 is 0 Å².